The highest BCUT2D eigenvalue weighted by Gasteiger charge is 2.45. The Morgan fingerprint density at radius 2 is 1.94 bits per heavy atom. The number of aromatic amines is 1. The van der Waals surface area contributed by atoms with E-state index in [1.165, 1.54) is 6.33 Å². The lowest BCUT2D eigenvalue weighted by Gasteiger charge is -2.38. The monoisotopic (exact) mass is 551 g/mol. The second-order valence-corrected chi connectivity index (χ2v) is 10.9. The van der Waals surface area contributed by atoms with E-state index in [0.717, 1.165) is 47.0 Å². The van der Waals surface area contributed by atoms with Crippen molar-refractivity contribution in [2.24, 2.45) is 0 Å². The number of carbonyl (C=O) groups is 1. The molecule has 1 unspecified atom stereocenters. The third-order valence-corrected chi connectivity index (χ3v) is 8.13. The highest BCUT2D eigenvalue weighted by atomic mass is 79.9. The van der Waals surface area contributed by atoms with E-state index in [-0.39, 0.29) is 29.7 Å². The van der Waals surface area contributed by atoms with Crippen molar-refractivity contribution in [2.75, 3.05) is 5.73 Å². The summed E-state index contributed by atoms with van der Waals surface area (Å²) in [5.74, 6) is 0.806. The summed E-state index contributed by atoms with van der Waals surface area (Å²) in [5.41, 5.74) is 9.24. The first-order valence-electron chi connectivity index (χ1n) is 11.9. The van der Waals surface area contributed by atoms with E-state index in [0.29, 0.717) is 17.2 Å². The molecule has 0 aromatic carbocycles. The number of nitrogens with two attached hydrogens (primary N) is 1. The molecule has 6 heterocycles. The summed E-state index contributed by atoms with van der Waals surface area (Å²) in [4.78, 5) is 28.5. The number of halogens is 1. The first-order valence-corrected chi connectivity index (χ1v) is 12.7. The molecule has 2 saturated heterocycles. The maximum Gasteiger partial charge on any atom is 0.291 e. The van der Waals surface area contributed by atoms with Gasteiger partial charge in [0.25, 0.3) is 5.91 Å². The molecule has 2 aliphatic rings. The van der Waals surface area contributed by atoms with Crippen molar-refractivity contribution in [3.8, 4) is 11.1 Å². The first-order chi connectivity index (χ1) is 17.2. The Morgan fingerprint density at radius 1 is 1.19 bits per heavy atom. The molecule has 4 N–H and O–H groups in total. The van der Waals surface area contributed by atoms with E-state index in [2.05, 4.69) is 41.2 Å². The maximum absolute atomic E-state index is 13.0. The number of aliphatic hydroxyl groups is 1. The summed E-state index contributed by atoms with van der Waals surface area (Å²) in [6, 6.07) is 3.94. The fourth-order valence-corrected chi connectivity index (χ4v) is 6.15. The number of amides is 1. The zero-order valence-electron chi connectivity index (χ0n) is 19.9. The standard InChI is InChI=1S/C24H26BrN9O2/c1-24(2,36)17-6-3-12(9-27-17)16-10-30-34-20(26)18(25)19(31-22(16)34)13-7-14-4-5-15(8-13)33(14)23(35)21-28-11-29-32-21/h3,6,9-11,13-15,36H,4-5,7-8,26H2,1-2H3,(H,28,29,32)/t13?,14-,15+. The fraction of sp³-hybridized carbons (Fsp3) is 0.417. The second-order valence-electron chi connectivity index (χ2n) is 10.1. The van der Waals surface area contributed by atoms with E-state index < -0.39 is 5.60 Å². The normalized spacial score (nSPS) is 21.9. The average Bonchev–Trinajstić information content (AvgIpc) is 3.59. The lowest BCUT2D eigenvalue weighted by atomic mass is 9.87. The van der Waals surface area contributed by atoms with Crippen LogP contribution in [-0.2, 0) is 5.60 Å². The molecule has 3 atom stereocenters. The van der Waals surface area contributed by atoms with Crippen LogP contribution in [0.3, 0.4) is 0 Å². The lowest BCUT2D eigenvalue weighted by Crippen LogP contribution is -2.46. The number of hydrogen-bond acceptors (Lipinski definition) is 8. The average molecular weight is 552 g/mol. The number of fused-ring (bicyclic) bond motifs is 3. The van der Waals surface area contributed by atoms with Crippen LogP contribution in [0.5, 0.6) is 0 Å². The number of piperidine rings is 1. The molecule has 186 valence electrons. The van der Waals surface area contributed by atoms with Crippen molar-refractivity contribution in [3.63, 3.8) is 0 Å². The minimum Gasteiger partial charge on any atom is -0.384 e. The molecule has 4 aromatic heterocycles. The molecule has 1 amide bonds. The van der Waals surface area contributed by atoms with Crippen molar-refractivity contribution >= 4 is 33.3 Å². The number of nitrogens with one attached hydrogen (secondary N) is 1. The van der Waals surface area contributed by atoms with Gasteiger partial charge in [0.2, 0.25) is 5.82 Å². The van der Waals surface area contributed by atoms with Crippen LogP contribution >= 0.6 is 15.9 Å². The molecule has 4 aromatic rings. The summed E-state index contributed by atoms with van der Waals surface area (Å²) >= 11 is 3.68. The molecule has 12 heteroatoms. The smallest absolute Gasteiger partial charge is 0.291 e. The molecule has 0 saturated carbocycles. The van der Waals surface area contributed by atoms with Gasteiger partial charge in [0.05, 0.1) is 22.1 Å². The van der Waals surface area contributed by atoms with Crippen LogP contribution in [0.25, 0.3) is 16.8 Å². The van der Waals surface area contributed by atoms with Gasteiger partial charge in [0.15, 0.2) is 5.65 Å². The summed E-state index contributed by atoms with van der Waals surface area (Å²) in [5, 5.41) is 21.2. The van der Waals surface area contributed by atoms with Crippen LogP contribution in [0.1, 0.15) is 67.5 Å². The molecule has 2 bridgehead atoms. The van der Waals surface area contributed by atoms with E-state index in [1.807, 2.05) is 11.0 Å². The van der Waals surface area contributed by atoms with Gasteiger partial charge in [0, 0.05) is 35.3 Å². The van der Waals surface area contributed by atoms with Crippen molar-refractivity contribution in [1.29, 1.82) is 0 Å². The number of nitrogen functional groups attached to an aromatic ring is 1. The van der Waals surface area contributed by atoms with E-state index in [1.54, 1.807) is 36.8 Å². The van der Waals surface area contributed by atoms with Gasteiger partial charge in [-0.25, -0.2) is 9.97 Å². The second kappa shape index (κ2) is 8.34. The first kappa shape index (κ1) is 23.0. The highest BCUT2D eigenvalue weighted by Crippen LogP contribution is 2.45. The Kier molecular flexibility index (Phi) is 5.34. The van der Waals surface area contributed by atoms with Crippen LogP contribution in [0.2, 0.25) is 0 Å². The molecule has 0 radical (unpaired) electrons. The summed E-state index contributed by atoms with van der Waals surface area (Å²) in [6.45, 7) is 3.40. The van der Waals surface area contributed by atoms with Crippen molar-refractivity contribution in [3.05, 3.63) is 52.5 Å². The van der Waals surface area contributed by atoms with Crippen molar-refractivity contribution in [2.45, 2.75) is 63.1 Å². The third kappa shape index (κ3) is 3.66. The zero-order chi connectivity index (χ0) is 25.2. The topological polar surface area (TPSA) is 151 Å². The number of nitrogens with zero attached hydrogens (tertiary/aromatic N) is 7. The molecule has 6 rings (SSSR count). The predicted octanol–water partition coefficient (Wildman–Crippen LogP) is 3.03. The van der Waals surface area contributed by atoms with Crippen LogP contribution in [0.4, 0.5) is 5.82 Å². The molecule has 2 fully saturated rings. The van der Waals surface area contributed by atoms with E-state index >= 15 is 0 Å². The highest BCUT2D eigenvalue weighted by molar-refractivity contribution is 9.10. The third-order valence-electron chi connectivity index (χ3n) is 7.32. The van der Waals surface area contributed by atoms with E-state index in [4.69, 9.17) is 10.7 Å². The molecular weight excluding hydrogens is 526 g/mol. The number of aromatic nitrogens is 7. The minimum atomic E-state index is -1.02. The number of rotatable bonds is 4. The molecule has 2 aliphatic heterocycles. The van der Waals surface area contributed by atoms with E-state index in [9.17, 15) is 9.90 Å². The fourth-order valence-electron chi connectivity index (χ4n) is 5.57. The molecule has 11 nitrogen and oxygen atoms in total. The molecule has 36 heavy (non-hydrogen) atoms. The van der Waals surface area contributed by atoms with Crippen molar-refractivity contribution in [1.82, 2.24) is 39.7 Å². The molecular formula is C24H26BrN9O2. The quantitative estimate of drug-likeness (QED) is 0.350. The van der Waals surface area contributed by atoms with Gasteiger partial charge in [-0.15, -0.1) is 0 Å². The van der Waals surface area contributed by atoms with Gasteiger partial charge >= 0.3 is 0 Å². The van der Waals surface area contributed by atoms with Crippen LogP contribution in [-0.4, -0.2) is 62.8 Å². The summed E-state index contributed by atoms with van der Waals surface area (Å²) in [7, 11) is 0. The van der Waals surface area contributed by atoms with Crippen LogP contribution < -0.4 is 5.73 Å². The van der Waals surface area contributed by atoms with Gasteiger partial charge < -0.3 is 15.7 Å². The number of H-pyrrole nitrogens is 1. The van der Waals surface area contributed by atoms with Gasteiger partial charge in [-0.05, 0) is 61.5 Å². The Labute approximate surface area is 215 Å². The van der Waals surface area contributed by atoms with Crippen molar-refractivity contribution < 1.29 is 9.90 Å². The summed E-state index contributed by atoms with van der Waals surface area (Å²) in [6.07, 6.45) is 8.31. The largest absolute Gasteiger partial charge is 0.384 e. The van der Waals surface area contributed by atoms with Gasteiger partial charge in [-0.1, -0.05) is 6.07 Å². The Balaban J connectivity index is 1.34. The Bertz CT molecular complexity index is 1430. The predicted molar refractivity (Wildman–Crippen MR) is 135 cm³/mol. The number of anilines is 1. The van der Waals surface area contributed by atoms with Gasteiger partial charge in [0.1, 0.15) is 17.7 Å². The lowest BCUT2D eigenvalue weighted by molar-refractivity contribution is 0.0557. The summed E-state index contributed by atoms with van der Waals surface area (Å²) < 4.78 is 2.36. The van der Waals surface area contributed by atoms with Crippen LogP contribution in [0.15, 0.2) is 35.3 Å². The Morgan fingerprint density at radius 3 is 2.56 bits per heavy atom. The number of pyridine rings is 1. The number of hydrogen-bond donors (Lipinski definition) is 3. The zero-order valence-corrected chi connectivity index (χ0v) is 21.5. The van der Waals surface area contributed by atoms with Gasteiger partial charge in [-0.3, -0.25) is 14.9 Å². The van der Waals surface area contributed by atoms with Crippen LogP contribution in [0, 0.1) is 0 Å². The maximum atomic E-state index is 13.0. The molecule has 0 aliphatic carbocycles. The SMILES string of the molecule is CC(C)(O)c1ccc(-c2cnn3c(N)c(Br)c(C4C[C@H]5CC[C@@H](C4)N5C(=O)c4ncn[nH]4)nc23)cn1. The molecule has 0 spiro atoms. The Hall–Kier alpha value is -3.38. The minimum absolute atomic E-state index is 0.0967. The number of carbonyl (C=O) groups excluding carboxylic acids is 1. The van der Waals surface area contributed by atoms with Gasteiger partial charge in [-0.2, -0.15) is 14.7 Å².